The Kier molecular flexibility index (Phi) is 11.6. The Balaban J connectivity index is 3.69. The number of carbonyl (C=O) groups excluding carboxylic acids is 1. The minimum Gasteiger partial charge on any atom is -0.478 e. The van der Waals surface area contributed by atoms with Crippen LogP contribution in [0.15, 0.2) is 24.3 Å². The van der Waals surface area contributed by atoms with Crippen LogP contribution in [0, 0.1) is 0 Å². The molecule has 3 N–H and O–H groups in total. The molecule has 0 aliphatic carbocycles. The van der Waals surface area contributed by atoms with Crippen molar-refractivity contribution in [3.63, 3.8) is 0 Å². The van der Waals surface area contributed by atoms with Crippen LogP contribution in [0.2, 0.25) is 0 Å². The monoisotopic (exact) mass is 565 g/mol. The zero-order valence-corrected chi connectivity index (χ0v) is 24.2. The van der Waals surface area contributed by atoms with Gasteiger partial charge < -0.3 is 19.6 Å². The number of benzene rings is 1. The second kappa shape index (κ2) is 12.9. The molecule has 218 valence electrons. The first-order chi connectivity index (χ1) is 17.0. The second-order valence-corrected chi connectivity index (χ2v) is 12.5. The highest BCUT2D eigenvalue weighted by atomic mass is 31.2. The van der Waals surface area contributed by atoms with Gasteiger partial charge in [0.1, 0.15) is 5.60 Å². The Morgan fingerprint density at radius 1 is 0.842 bits per heavy atom. The van der Waals surface area contributed by atoms with Gasteiger partial charge in [-0.2, -0.15) is 9.78 Å². The molecule has 0 heterocycles. The molecule has 38 heavy (non-hydrogen) atoms. The van der Waals surface area contributed by atoms with Gasteiger partial charge in [-0.25, -0.2) is 28.6 Å². The summed E-state index contributed by atoms with van der Waals surface area (Å²) in [5, 5.41) is 9.67. The summed E-state index contributed by atoms with van der Waals surface area (Å²) in [7, 11) is -5.41. The third-order valence-corrected chi connectivity index (χ3v) is 4.50. The summed E-state index contributed by atoms with van der Waals surface area (Å²) in [6.45, 7) is 13.8. The zero-order chi connectivity index (χ0) is 29.6. The van der Waals surface area contributed by atoms with Crippen LogP contribution >= 0.6 is 7.82 Å². The summed E-state index contributed by atoms with van der Waals surface area (Å²) in [6.07, 6.45) is -3.25. The lowest BCUT2D eigenvalue weighted by Crippen LogP contribution is -2.56. The summed E-state index contributed by atoms with van der Waals surface area (Å²) < 4.78 is 22.5. The number of carboxylic acids is 1. The van der Waals surface area contributed by atoms with Gasteiger partial charge in [-0.15, -0.1) is 0 Å². The molecule has 0 spiro atoms. The SMILES string of the molecule is CC(C)(C)OOC(OOC(C)(C)C)(OP(=O)(O)O)N(CCC(=O)OC(C)(C)C)Cc1ccccc1C(=O)O. The van der Waals surface area contributed by atoms with E-state index in [1.807, 2.05) is 0 Å². The molecule has 0 atom stereocenters. The quantitative estimate of drug-likeness (QED) is 0.103. The van der Waals surface area contributed by atoms with Crippen LogP contribution in [0.3, 0.4) is 0 Å². The maximum atomic E-state index is 12.6. The molecule has 0 amide bonds. The minimum absolute atomic E-state index is 0.117. The molecule has 0 fully saturated rings. The average molecular weight is 566 g/mol. The van der Waals surface area contributed by atoms with Gasteiger partial charge in [0.2, 0.25) is 0 Å². The van der Waals surface area contributed by atoms with Crippen molar-refractivity contribution >= 4 is 19.8 Å². The van der Waals surface area contributed by atoms with E-state index in [2.05, 4.69) is 0 Å². The van der Waals surface area contributed by atoms with Crippen molar-refractivity contribution in [2.75, 3.05) is 6.54 Å². The summed E-state index contributed by atoms with van der Waals surface area (Å²) in [4.78, 5) is 66.5. The topological polar surface area (TPSA) is 171 Å². The van der Waals surface area contributed by atoms with Crippen LogP contribution in [0.5, 0.6) is 0 Å². The van der Waals surface area contributed by atoms with Gasteiger partial charge in [-0.1, -0.05) is 18.2 Å². The first kappa shape index (κ1) is 34.1. The Hall–Kier alpha value is -1.93. The summed E-state index contributed by atoms with van der Waals surface area (Å²) in [6, 6.07) is 5.89. The number of rotatable bonds is 13. The van der Waals surface area contributed by atoms with Crippen LogP contribution in [0.4, 0.5) is 0 Å². The highest BCUT2D eigenvalue weighted by molar-refractivity contribution is 7.46. The largest absolute Gasteiger partial charge is 0.478 e. The van der Waals surface area contributed by atoms with Crippen molar-refractivity contribution in [1.29, 1.82) is 0 Å². The number of aromatic carboxylic acids is 1. The molecule has 13 nitrogen and oxygen atoms in total. The van der Waals surface area contributed by atoms with E-state index in [4.69, 9.17) is 28.8 Å². The molecule has 1 aromatic carbocycles. The van der Waals surface area contributed by atoms with E-state index in [9.17, 15) is 29.0 Å². The number of hydrogen-bond donors (Lipinski definition) is 3. The Morgan fingerprint density at radius 3 is 1.76 bits per heavy atom. The van der Waals surface area contributed by atoms with E-state index >= 15 is 0 Å². The molecule has 1 aromatic rings. The predicted molar refractivity (Wildman–Crippen MR) is 134 cm³/mol. The Labute approximate surface area is 223 Å². The molecule has 0 unspecified atom stereocenters. The molecular formula is C24H40NO12P. The lowest BCUT2D eigenvalue weighted by Gasteiger charge is -2.41. The highest BCUT2D eigenvalue weighted by Crippen LogP contribution is 2.45. The van der Waals surface area contributed by atoms with Crippen LogP contribution in [-0.2, 0) is 44.7 Å². The van der Waals surface area contributed by atoms with Gasteiger partial charge in [-0.3, -0.25) is 4.79 Å². The van der Waals surface area contributed by atoms with E-state index in [0.29, 0.717) is 0 Å². The lowest BCUT2D eigenvalue weighted by molar-refractivity contribution is -0.622. The van der Waals surface area contributed by atoms with Crippen LogP contribution < -0.4 is 0 Å². The number of phosphoric acid groups is 1. The maximum Gasteiger partial charge on any atom is 0.475 e. The molecule has 0 saturated heterocycles. The average Bonchev–Trinajstić information content (AvgIpc) is 2.70. The maximum absolute atomic E-state index is 12.6. The van der Waals surface area contributed by atoms with E-state index < -0.39 is 49.2 Å². The van der Waals surface area contributed by atoms with Gasteiger partial charge in [0.15, 0.2) is 0 Å². The third kappa shape index (κ3) is 13.2. The number of nitrogens with zero attached hydrogens (tertiary/aromatic N) is 1. The van der Waals surface area contributed by atoms with Crippen molar-refractivity contribution in [3.05, 3.63) is 35.4 Å². The smallest absolute Gasteiger partial charge is 0.475 e. The fourth-order valence-electron chi connectivity index (χ4n) is 2.72. The third-order valence-electron chi connectivity index (χ3n) is 4.03. The van der Waals surface area contributed by atoms with Gasteiger partial charge >= 0.3 is 25.9 Å². The van der Waals surface area contributed by atoms with Gasteiger partial charge in [0.25, 0.3) is 0 Å². The molecule has 14 heteroatoms. The van der Waals surface area contributed by atoms with E-state index in [0.717, 1.165) is 4.90 Å². The first-order valence-corrected chi connectivity index (χ1v) is 13.3. The lowest BCUT2D eigenvalue weighted by atomic mass is 10.1. The van der Waals surface area contributed by atoms with E-state index in [-0.39, 0.29) is 24.1 Å². The van der Waals surface area contributed by atoms with Gasteiger partial charge in [0.05, 0.1) is 23.2 Å². The number of hydrogen-bond acceptors (Lipinski definition) is 10. The predicted octanol–water partition coefficient (Wildman–Crippen LogP) is 4.13. The van der Waals surface area contributed by atoms with Crippen molar-refractivity contribution < 1.29 is 57.9 Å². The fraction of sp³-hybridized carbons (Fsp3) is 0.667. The van der Waals surface area contributed by atoms with Crippen LogP contribution in [-0.4, -0.2) is 61.2 Å². The summed E-state index contributed by atoms with van der Waals surface area (Å²) in [5.41, 5.74) is -2.82. The van der Waals surface area contributed by atoms with Crippen molar-refractivity contribution in [2.24, 2.45) is 0 Å². The van der Waals surface area contributed by atoms with Crippen molar-refractivity contribution in [2.45, 2.75) is 98.2 Å². The molecule has 0 bridgehead atoms. The zero-order valence-electron chi connectivity index (χ0n) is 23.3. The van der Waals surface area contributed by atoms with Crippen LogP contribution in [0.1, 0.15) is 84.7 Å². The summed E-state index contributed by atoms with van der Waals surface area (Å²) in [5.74, 6) is -1.92. The van der Waals surface area contributed by atoms with Crippen molar-refractivity contribution in [3.8, 4) is 0 Å². The molecule has 0 aliphatic rings. The molecule has 0 aliphatic heterocycles. The molecule has 0 saturated carbocycles. The number of carbonyl (C=O) groups is 2. The van der Waals surface area contributed by atoms with Crippen LogP contribution in [0.25, 0.3) is 0 Å². The van der Waals surface area contributed by atoms with Gasteiger partial charge in [0, 0.05) is 13.1 Å². The number of esters is 1. The number of phosphoric ester groups is 1. The molecule has 1 rings (SSSR count). The minimum atomic E-state index is -5.41. The fourth-order valence-corrected chi connectivity index (χ4v) is 3.19. The van der Waals surface area contributed by atoms with Gasteiger partial charge in [-0.05, 0) is 73.9 Å². The second-order valence-electron chi connectivity index (χ2n) is 11.4. The first-order valence-electron chi connectivity index (χ1n) is 11.8. The Morgan fingerprint density at radius 2 is 1.34 bits per heavy atom. The standard InChI is InChI=1S/C24H40NO12P/c1-21(2,3)32-19(26)14-15-25(16-17-12-10-11-13-18(17)20(27)28)24(37-38(29,30)31,35-33-22(4,5)6)36-34-23(7,8)9/h10-13H,14-16H2,1-9H3,(H,27,28)(H2,29,30,31). The highest BCUT2D eigenvalue weighted by Gasteiger charge is 2.51. The van der Waals surface area contributed by atoms with E-state index in [1.54, 1.807) is 68.4 Å². The number of carboxylic acid groups (broad SMARTS) is 1. The molecule has 0 radical (unpaired) electrons. The normalized spacial score (nSPS) is 13.6. The van der Waals surface area contributed by atoms with E-state index in [1.165, 1.54) is 18.2 Å². The molecule has 0 aromatic heterocycles. The van der Waals surface area contributed by atoms with Crippen molar-refractivity contribution in [1.82, 2.24) is 4.90 Å². The molecular weight excluding hydrogens is 525 g/mol. The summed E-state index contributed by atoms with van der Waals surface area (Å²) >= 11 is 0. The number of ether oxygens (including phenoxy) is 1. The Bertz CT molecular complexity index is 969.